The molecule has 2 aromatic carbocycles. The van der Waals surface area contributed by atoms with E-state index >= 15 is 0 Å². The van der Waals surface area contributed by atoms with Gasteiger partial charge in [-0.25, -0.2) is 4.79 Å². The molecule has 9 nitrogen and oxygen atoms in total. The maximum atomic E-state index is 12.6. The SMILES string of the molecule is COCCNC(=O)/C(C#N)=C/c1ccc(OC(=O)c2cc(OC)c(OC)c(OC)c2)cc1. The Morgan fingerprint density at radius 3 is 2.12 bits per heavy atom. The molecule has 9 heteroatoms. The van der Waals surface area contributed by atoms with Crippen LogP contribution in [0.3, 0.4) is 0 Å². The van der Waals surface area contributed by atoms with E-state index in [0.29, 0.717) is 36.0 Å². The summed E-state index contributed by atoms with van der Waals surface area (Å²) in [6, 6.07) is 11.2. The number of nitriles is 1. The van der Waals surface area contributed by atoms with Crippen LogP contribution in [0.1, 0.15) is 15.9 Å². The number of benzene rings is 2. The van der Waals surface area contributed by atoms with E-state index in [4.69, 9.17) is 23.7 Å². The molecule has 0 bridgehead atoms. The van der Waals surface area contributed by atoms with Crippen molar-refractivity contribution in [3.63, 3.8) is 0 Å². The van der Waals surface area contributed by atoms with Gasteiger partial charge in [-0.2, -0.15) is 5.26 Å². The van der Waals surface area contributed by atoms with Gasteiger partial charge in [-0.15, -0.1) is 0 Å². The number of rotatable bonds is 10. The van der Waals surface area contributed by atoms with Crippen LogP contribution in [0.15, 0.2) is 42.0 Å². The van der Waals surface area contributed by atoms with Crippen LogP contribution in [-0.2, 0) is 9.53 Å². The largest absolute Gasteiger partial charge is 0.493 e. The van der Waals surface area contributed by atoms with Gasteiger partial charge in [0.05, 0.1) is 33.5 Å². The third-order valence-corrected chi connectivity index (χ3v) is 4.26. The van der Waals surface area contributed by atoms with Crippen LogP contribution in [0.2, 0.25) is 0 Å². The Hall–Kier alpha value is -4.03. The first kappa shape index (κ1) is 24.2. The lowest BCUT2D eigenvalue weighted by Crippen LogP contribution is -2.27. The Bertz CT molecular complexity index is 999. The molecule has 2 aromatic rings. The average molecular weight is 440 g/mol. The maximum absolute atomic E-state index is 12.6. The molecule has 0 aliphatic rings. The Morgan fingerprint density at radius 1 is 1.00 bits per heavy atom. The van der Waals surface area contributed by atoms with Crippen LogP contribution in [0.5, 0.6) is 23.0 Å². The second-order valence-electron chi connectivity index (χ2n) is 6.29. The third kappa shape index (κ3) is 6.23. The summed E-state index contributed by atoms with van der Waals surface area (Å²) in [5.74, 6) is 0.177. The topological polar surface area (TPSA) is 116 Å². The Balaban J connectivity index is 2.15. The third-order valence-electron chi connectivity index (χ3n) is 4.26. The smallest absolute Gasteiger partial charge is 0.343 e. The van der Waals surface area contributed by atoms with Crippen LogP contribution in [-0.4, -0.2) is 53.5 Å². The minimum absolute atomic E-state index is 0.0525. The zero-order valence-corrected chi connectivity index (χ0v) is 18.3. The molecule has 1 amide bonds. The number of carbonyl (C=O) groups excluding carboxylic acids is 2. The summed E-state index contributed by atoms with van der Waals surface area (Å²) in [7, 11) is 5.89. The minimum Gasteiger partial charge on any atom is -0.493 e. The van der Waals surface area contributed by atoms with Crippen molar-refractivity contribution in [1.82, 2.24) is 5.32 Å². The zero-order valence-electron chi connectivity index (χ0n) is 18.3. The van der Waals surface area contributed by atoms with E-state index in [1.54, 1.807) is 24.3 Å². The van der Waals surface area contributed by atoms with E-state index in [9.17, 15) is 14.9 Å². The van der Waals surface area contributed by atoms with E-state index in [1.165, 1.54) is 46.6 Å². The number of ether oxygens (including phenoxy) is 5. The van der Waals surface area contributed by atoms with Crippen LogP contribution in [0.25, 0.3) is 6.08 Å². The number of methoxy groups -OCH3 is 4. The van der Waals surface area contributed by atoms with Gasteiger partial charge in [-0.05, 0) is 35.9 Å². The van der Waals surface area contributed by atoms with Crippen LogP contribution >= 0.6 is 0 Å². The van der Waals surface area contributed by atoms with Crippen molar-refractivity contribution in [3.05, 3.63) is 53.1 Å². The van der Waals surface area contributed by atoms with Crippen molar-refractivity contribution in [2.24, 2.45) is 0 Å². The predicted octanol–water partition coefficient (Wildman–Crippen LogP) is 2.60. The van der Waals surface area contributed by atoms with E-state index in [0.717, 1.165) is 0 Å². The molecule has 0 aromatic heterocycles. The molecule has 0 aliphatic heterocycles. The molecular weight excluding hydrogens is 416 g/mol. The summed E-state index contributed by atoms with van der Waals surface area (Å²) >= 11 is 0. The summed E-state index contributed by atoms with van der Waals surface area (Å²) in [4.78, 5) is 24.6. The summed E-state index contributed by atoms with van der Waals surface area (Å²) < 4.78 is 26.0. The molecule has 0 saturated carbocycles. The highest BCUT2D eigenvalue weighted by Gasteiger charge is 2.18. The highest BCUT2D eigenvalue weighted by molar-refractivity contribution is 6.01. The molecular formula is C23H24N2O7. The molecule has 0 spiro atoms. The lowest BCUT2D eigenvalue weighted by molar-refractivity contribution is -0.117. The molecule has 168 valence electrons. The monoisotopic (exact) mass is 440 g/mol. The highest BCUT2D eigenvalue weighted by atomic mass is 16.5. The van der Waals surface area contributed by atoms with Crippen molar-refractivity contribution in [1.29, 1.82) is 5.26 Å². The second-order valence-corrected chi connectivity index (χ2v) is 6.29. The number of carbonyl (C=O) groups is 2. The Kier molecular flexibility index (Phi) is 9.07. The summed E-state index contributed by atoms with van der Waals surface area (Å²) in [6.45, 7) is 0.640. The summed E-state index contributed by atoms with van der Waals surface area (Å²) in [6.07, 6.45) is 1.44. The molecule has 32 heavy (non-hydrogen) atoms. The second kappa shape index (κ2) is 12.0. The standard InChI is InChI=1S/C23H24N2O7/c1-28-10-9-25-22(26)17(14-24)11-15-5-7-18(8-6-15)32-23(27)16-12-19(29-2)21(31-4)20(13-16)30-3/h5-8,11-13H,9-10H2,1-4H3,(H,25,26)/b17-11+. The van der Waals surface area contributed by atoms with Crippen molar-refractivity contribution >= 4 is 18.0 Å². The zero-order chi connectivity index (χ0) is 23.5. The molecule has 0 heterocycles. The molecule has 0 radical (unpaired) electrons. The number of nitrogens with zero attached hydrogens (tertiary/aromatic N) is 1. The lowest BCUT2D eigenvalue weighted by Gasteiger charge is -2.13. The van der Waals surface area contributed by atoms with Gasteiger partial charge in [0.25, 0.3) is 5.91 Å². The number of amides is 1. The van der Waals surface area contributed by atoms with Gasteiger partial charge in [0.15, 0.2) is 11.5 Å². The Labute approximate surface area is 186 Å². The fourth-order valence-corrected chi connectivity index (χ4v) is 2.67. The van der Waals surface area contributed by atoms with Gasteiger partial charge in [0.1, 0.15) is 17.4 Å². The normalized spacial score (nSPS) is 10.7. The molecule has 2 rings (SSSR count). The lowest BCUT2D eigenvalue weighted by atomic mass is 10.1. The van der Waals surface area contributed by atoms with E-state index in [-0.39, 0.29) is 16.9 Å². The van der Waals surface area contributed by atoms with Gasteiger partial charge in [-0.3, -0.25) is 4.79 Å². The molecule has 0 aliphatic carbocycles. The number of hydrogen-bond acceptors (Lipinski definition) is 8. The summed E-state index contributed by atoms with van der Waals surface area (Å²) in [5, 5.41) is 11.8. The fraction of sp³-hybridized carbons (Fsp3) is 0.261. The predicted molar refractivity (Wildman–Crippen MR) is 116 cm³/mol. The quantitative estimate of drug-likeness (QED) is 0.197. The van der Waals surface area contributed by atoms with Crippen molar-refractivity contribution < 1.29 is 33.3 Å². The first-order chi connectivity index (χ1) is 15.5. The van der Waals surface area contributed by atoms with E-state index < -0.39 is 11.9 Å². The molecule has 0 saturated heterocycles. The van der Waals surface area contributed by atoms with Gasteiger partial charge < -0.3 is 29.0 Å². The van der Waals surface area contributed by atoms with Gasteiger partial charge >= 0.3 is 5.97 Å². The summed E-state index contributed by atoms with van der Waals surface area (Å²) in [5.41, 5.74) is 0.752. The molecule has 0 unspecified atom stereocenters. The minimum atomic E-state index is -0.622. The van der Waals surface area contributed by atoms with Crippen molar-refractivity contribution in [2.75, 3.05) is 41.6 Å². The van der Waals surface area contributed by atoms with Crippen molar-refractivity contribution in [2.45, 2.75) is 0 Å². The van der Waals surface area contributed by atoms with Crippen LogP contribution in [0, 0.1) is 11.3 Å². The number of nitrogens with one attached hydrogen (secondary N) is 1. The van der Waals surface area contributed by atoms with Crippen LogP contribution < -0.4 is 24.3 Å². The molecule has 0 fully saturated rings. The van der Waals surface area contributed by atoms with E-state index in [2.05, 4.69) is 5.32 Å². The first-order valence-electron chi connectivity index (χ1n) is 9.48. The molecule has 0 atom stereocenters. The number of esters is 1. The fourth-order valence-electron chi connectivity index (χ4n) is 2.67. The molecule has 1 N–H and O–H groups in total. The maximum Gasteiger partial charge on any atom is 0.343 e. The van der Waals surface area contributed by atoms with Crippen molar-refractivity contribution in [3.8, 4) is 29.1 Å². The van der Waals surface area contributed by atoms with Gasteiger partial charge in [-0.1, -0.05) is 12.1 Å². The van der Waals surface area contributed by atoms with Crippen LogP contribution in [0.4, 0.5) is 0 Å². The Morgan fingerprint density at radius 2 is 1.62 bits per heavy atom. The van der Waals surface area contributed by atoms with Gasteiger partial charge in [0.2, 0.25) is 5.75 Å². The highest BCUT2D eigenvalue weighted by Crippen LogP contribution is 2.38. The number of hydrogen-bond donors (Lipinski definition) is 1. The van der Waals surface area contributed by atoms with E-state index in [1.807, 2.05) is 6.07 Å². The average Bonchev–Trinajstić information content (AvgIpc) is 2.82. The first-order valence-corrected chi connectivity index (χ1v) is 9.48. The van der Waals surface area contributed by atoms with Gasteiger partial charge in [0, 0.05) is 13.7 Å².